The molecule has 1 saturated carbocycles. The van der Waals surface area contributed by atoms with E-state index < -0.39 is 0 Å². The minimum Gasteiger partial charge on any atom is -0.330 e. The van der Waals surface area contributed by atoms with Crippen LogP contribution < -0.4 is 11.1 Å². The van der Waals surface area contributed by atoms with Crippen molar-refractivity contribution in [3.05, 3.63) is 41.7 Å². The van der Waals surface area contributed by atoms with Gasteiger partial charge in [0.2, 0.25) is 5.91 Å². The molecule has 0 saturated heterocycles. The van der Waals surface area contributed by atoms with Gasteiger partial charge in [-0.1, -0.05) is 6.42 Å². The second kappa shape index (κ2) is 7.97. The van der Waals surface area contributed by atoms with Gasteiger partial charge in [0.15, 0.2) is 5.16 Å². The number of nitrogens with two attached hydrogens (primary N) is 1. The molecule has 1 fully saturated rings. The topological polar surface area (TPSA) is 80.9 Å². The summed E-state index contributed by atoms with van der Waals surface area (Å²) >= 11 is 1.52. The normalized spacial score (nSPS) is 19.8. The number of benzene rings is 1. The van der Waals surface area contributed by atoms with Crippen molar-refractivity contribution < 1.29 is 4.79 Å². The Morgan fingerprint density at radius 1 is 1.20 bits per heavy atom. The number of nitrogens with zero attached hydrogens (tertiary/aromatic N) is 2. The first-order valence-electron chi connectivity index (χ1n) is 8.66. The molecule has 0 bridgehead atoms. The van der Waals surface area contributed by atoms with E-state index in [2.05, 4.69) is 15.3 Å². The molecule has 0 spiro atoms. The van der Waals surface area contributed by atoms with Crippen LogP contribution in [-0.2, 0) is 4.79 Å². The maximum atomic E-state index is 12.4. The molecule has 1 aromatic heterocycles. The minimum absolute atomic E-state index is 0.0442. The summed E-state index contributed by atoms with van der Waals surface area (Å²) in [5.74, 6) is 0.449. The fourth-order valence-electron chi connectivity index (χ4n) is 3.35. The van der Waals surface area contributed by atoms with Crippen LogP contribution in [0.25, 0.3) is 0 Å². The number of rotatable bonds is 5. The Labute approximate surface area is 152 Å². The molecule has 25 heavy (non-hydrogen) atoms. The molecular weight excluding hydrogens is 332 g/mol. The van der Waals surface area contributed by atoms with Gasteiger partial charge in [-0.3, -0.25) is 4.79 Å². The lowest BCUT2D eigenvalue weighted by atomic mass is 9.95. The molecular formula is C19H24N4OS. The van der Waals surface area contributed by atoms with Crippen LogP contribution >= 0.6 is 11.8 Å². The number of amides is 1. The van der Waals surface area contributed by atoms with Gasteiger partial charge in [0, 0.05) is 27.9 Å². The Morgan fingerprint density at radius 3 is 2.52 bits per heavy atom. The first-order valence-corrected chi connectivity index (χ1v) is 9.48. The second-order valence-electron chi connectivity index (χ2n) is 6.58. The molecule has 3 rings (SSSR count). The number of nitrogens with one attached hydrogen (secondary N) is 1. The van der Waals surface area contributed by atoms with Crippen LogP contribution in [-0.4, -0.2) is 22.4 Å². The smallest absolute Gasteiger partial charge is 0.227 e. The highest BCUT2D eigenvalue weighted by Crippen LogP contribution is 2.32. The van der Waals surface area contributed by atoms with Crippen molar-refractivity contribution >= 4 is 23.4 Å². The molecule has 1 aromatic carbocycles. The number of carbonyl (C=O) groups excluding carboxylic acids is 1. The quantitative estimate of drug-likeness (QED) is 0.801. The SMILES string of the molecule is Cc1cc(C)nc(Sc2ccc(NC(=O)[C@@H]3CCC[C@@H]3CN)cc2)n1. The van der Waals surface area contributed by atoms with Crippen LogP contribution in [0, 0.1) is 25.7 Å². The van der Waals surface area contributed by atoms with Crippen molar-refractivity contribution in [3.8, 4) is 0 Å². The van der Waals surface area contributed by atoms with Gasteiger partial charge in [0.25, 0.3) is 0 Å². The van der Waals surface area contributed by atoms with Gasteiger partial charge in [-0.25, -0.2) is 9.97 Å². The summed E-state index contributed by atoms with van der Waals surface area (Å²) in [4.78, 5) is 22.4. The zero-order valence-electron chi connectivity index (χ0n) is 14.7. The Balaban J connectivity index is 1.63. The molecule has 2 atom stereocenters. The van der Waals surface area contributed by atoms with Crippen molar-refractivity contribution in [1.82, 2.24) is 9.97 Å². The zero-order valence-corrected chi connectivity index (χ0v) is 15.5. The largest absolute Gasteiger partial charge is 0.330 e. The molecule has 0 aliphatic heterocycles. The average Bonchev–Trinajstić information content (AvgIpc) is 3.04. The van der Waals surface area contributed by atoms with E-state index in [0.29, 0.717) is 12.5 Å². The van der Waals surface area contributed by atoms with E-state index in [-0.39, 0.29) is 11.8 Å². The first kappa shape index (κ1) is 17.9. The number of hydrogen-bond acceptors (Lipinski definition) is 5. The lowest BCUT2D eigenvalue weighted by Gasteiger charge is -2.17. The molecule has 132 valence electrons. The van der Waals surface area contributed by atoms with Crippen LogP contribution in [0.1, 0.15) is 30.7 Å². The van der Waals surface area contributed by atoms with Crippen molar-refractivity contribution in [2.24, 2.45) is 17.6 Å². The third-order valence-electron chi connectivity index (χ3n) is 4.59. The highest BCUT2D eigenvalue weighted by molar-refractivity contribution is 7.99. The van der Waals surface area contributed by atoms with E-state index in [1.54, 1.807) is 0 Å². The van der Waals surface area contributed by atoms with Gasteiger partial charge in [0.05, 0.1) is 0 Å². The van der Waals surface area contributed by atoms with Crippen LogP contribution in [0.2, 0.25) is 0 Å². The maximum absolute atomic E-state index is 12.4. The number of aryl methyl sites for hydroxylation is 2. The summed E-state index contributed by atoms with van der Waals surface area (Å²) in [6, 6.07) is 9.78. The Morgan fingerprint density at radius 2 is 1.88 bits per heavy atom. The van der Waals surface area contributed by atoms with Crippen LogP contribution in [0.3, 0.4) is 0 Å². The summed E-state index contributed by atoms with van der Waals surface area (Å²) in [6.07, 6.45) is 3.08. The van der Waals surface area contributed by atoms with Gasteiger partial charge in [-0.05, 0) is 81.2 Å². The van der Waals surface area contributed by atoms with Crippen molar-refractivity contribution in [3.63, 3.8) is 0 Å². The van der Waals surface area contributed by atoms with E-state index >= 15 is 0 Å². The summed E-state index contributed by atoms with van der Waals surface area (Å²) in [7, 11) is 0. The van der Waals surface area contributed by atoms with Gasteiger partial charge in [-0.15, -0.1) is 0 Å². The lowest BCUT2D eigenvalue weighted by molar-refractivity contribution is -0.120. The summed E-state index contributed by atoms with van der Waals surface area (Å²) < 4.78 is 0. The molecule has 6 heteroatoms. The Bertz CT molecular complexity index is 727. The van der Waals surface area contributed by atoms with Gasteiger partial charge in [-0.2, -0.15) is 0 Å². The standard InChI is InChI=1S/C19H24N4OS/c1-12-10-13(2)22-19(21-12)25-16-8-6-15(7-9-16)23-18(24)17-5-3-4-14(17)11-20/h6-10,14,17H,3-5,11,20H2,1-2H3,(H,23,24)/t14-,17-/m1/s1. The predicted octanol–water partition coefficient (Wildman–Crippen LogP) is 3.56. The summed E-state index contributed by atoms with van der Waals surface area (Å²) in [5, 5.41) is 3.76. The number of aromatic nitrogens is 2. The minimum atomic E-state index is 0.0442. The van der Waals surface area contributed by atoms with Crippen LogP contribution in [0.4, 0.5) is 5.69 Å². The summed E-state index contributed by atoms with van der Waals surface area (Å²) in [5.41, 5.74) is 8.52. The molecule has 1 amide bonds. The number of hydrogen-bond donors (Lipinski definition) is 2. The molecule has 1 aliphatic carbocycles. The number of anilines is 1. The van der Waals surface area contributed by atoms with Gasteiger partial charge in [0.1, 0.15) is 0 Å². The maximum Gasteiger partial charge on any atom is 0.227 e. The molecule has 5 nitrogen and oxygen atoms in total. The van der Waals surface area contributed by atoms with Crippen LogP contribution in [0.5, 0.6) is 0 Å². The van der Waals surface area contributed by atoms with Crippen molar-refractivity contribution in [1.29, 1.82) is 0 Å². The van der Waals surface area contributed by atoms with Crippen molar-refractivity contribution in [2.75, 3.05) is 11.9 Å². The highest BCUT2D eigenvalue weighted by Gasteiger charge is 2.31. The van der Waals surface area contributed by atoms with E-state index in [4.69, 9.17) is 5.73 Å². The predicted molar refractivity (Wildman–Crippen MR) is 101 cm³/mol. The Hall–Kier alpha value is -1.92. The van der Waals surface area contributed by atoms with E-state index in [9.17, 15) is 4.79 Å². The molecule has 3 N–H and O–H groups in total. The molecule has 1 heterocycles. The van der Waals surface area contributed by atoms with E-state index in [1.165, 1.54) is 11.8 Å². The fraction of sp³-hybridized carbons (Fsp3) is 0.421. The number of carbonyl (C=O) groups is 1. The lowest BCUT2D eigenvalue weighted by Crippen LogP contribution is -2.29. The molecule has 2 aromatic rings. The fourth-order valence-corrected chi connectivity index (χ4v) is 4.21. The average molecular weight is 356 g/mol. The van der Waals surface area contributed by atoms with Crippen molar-refractivity contribution in [2.45, 2.75) is 43.2 Å². The third-order valence-corrected chi connectivity index (χ3v) is 5.46. The summed E-state index contributed by atoms with van der Waals surface area (Å²) in [6.45, 7) is 4.52. The Kier molecular flexibility index (Phi) is 5.71. The third kappa shape index (κ3) is 4.58. The molecule has 0 radical (unpaired) electrons. The van der Waals surface area contributed by atoms with Crippen LogP contribution in [0.15, 0.2) is 40.4 Å². The van der Waals surface area contributed by atoms with Gasteiger partial charge >= 0.3 is 0 Å². The van der Waals surface area contributed by atoms with E-state index in [1.807, 2.05) is 44.2 Å². The highest BCUT2D eigenvalue weighted by atomic mass is 32.2. The monoisotopic (exact) mass is 356 g/mol. The van der Waals surface area contributed by atoms with Gasteiger partial charge < -0.3 is 11.1 Å². The van der Waals surface area contributed by atoms with E-state index in [0.717, 1.165) is 46.4 Å². The first-order chi connectivity index (χ1) is 12.0. The zero-order chi connectivity index (χ0) is 17.8. The molecule has 1 aliphatic rings. The second-order valence-corrected chi connectivity index (χ2v) is 7.62. The molecule has 0 unspecified atom stereocenters.